The van der Waals surface area contributed by atoms with Crippen molar-refractivity contribution in [3.05, 3.63) is 62.8 Å². The number of hydrogen-bond acceptors (Lipinski definition) is 5. The summed E-state index contributed by atoms with van der Waals surface area (Å²) >= 11 is 0. The summed E-state index contributed by atoms with van der Waals surface area (Å²) in [7, 11) is 0. The Labute approximate surface area is 116 Å². The molecule has 9 nitrogen and oxygen atoms in total. The molecule has 0 aliphatic carbocycles. The third-order valence-corrected chi connectivity index (χ3v) is 2.88. The van der Waals surface area contributed by atoms with Crippen molar-refractivity contribution in [2.75, 3.05) is 0 Å². The topological polar surface area (TPSA) is 125 Å². The first-order chi connectivity index (χ1) is 10.2. The molecule has 1 amide bonds. The molecule has 9 heteroatoms. The Bertz CT molecular complexity index is 922. The number of aromatic amines is 2. The van der Waals surface area contributed by atoms with E-state index in [9.17, 15) is 14.4 Å². The van der Waals surface area contributed by atoms with Crippen molar-refractivity contribution >= 4 is 11.6 Å². The van der Waals surface area contributed by atoms with E-state index in [0.717, 1.165) is 0 Å². The molecule has 3 aromatic heterocycles. The van der Waals surface area contributed by atoms with Crippen LogP contribution in [0, 0.1) is 0 Å². The van der Waals surface area contributed by atoms with Crippen LogP contribution < -0.4 is 16.4 Å². The number of hydrogen-bond donors (Lipinski definition) is 3. The molecule has 0 unspecified atom stereocenters. The summed E-state index contributed by atoms with van der Waals surface area (Å²) in [6.45, 7) is 0.0395. The van der Waals surface area contributed by atoms with E-state index in [1.54, 1.807) is 12.3 Å². The lowest BCUT2D eigenvalue weighted by Crippen LogP contribution is -2.29. The Morgan fingerprint density at radius 1 is 1.19 bits per heavy atom. The first-order valence-corrected chi connectivity index (χ1v) is 6.04. The Morgan fingerprint density at radius 2 is 2.00 bits per heavy atom. The van der Waals surface area contributed by atoms with Crippen LogP contribution >= 0.6 is 0 Å². The molecule has 106 valence electrons. The van der Waals surface area contributed by atoms with Crippen LogP contribution in [-0.4, -0.2) is 30.5 Å². The quantitative estimate of drug-likeness (QED) is 0.571. The standard InChI is InChI=1S/C12H10N6O3/c19-10-7(2-1-3-13-10)11(20)15-6-8-16-17-9-12(21)14-4-5-18(8)9/h1-5H,6H2,(H,13,19)(H,14,21)(H,15,20). The summed E-state index contributed by atoms with van der Waals surface area (Å²) in [5.41, 5.74) is -0.705. The average molecular weight is 286 g/mol. The maximum Gasteiger partial charge on any atom is 0.293 e. The van der Waals surface area contributed by atoms with Crippen molar-refractivity contribution < 1.29 is 4.79 Å². The molecule has 0 atom stereocenters. The van der Waals surface area contributed by atoms with Gasteiger partial charge in [-0.3, -0.25) is 18.8 Å². The second kappa shape index (κ2) is 5.04. The van der Waals surface area contributed by atoms with Crippen molar-refractivity contribution in [3.8, 4) is 0 Å². The number of nitrogens with one attached hydrogen (secondary N) is 3. The third-order valence-electron chi connectivity index (χ3n) is 2.88. The lowest BCUT2D eigenvalue weighted by Gasteiger charge is -2.03. The highest BCUT2D eigenvalue weighted by Crippen LogP contribution is 1.98. The van der Waals surface area contributed by atoms with Crippen LogP contribution in [0.4, 0.5) is 0 Å². The van der Waals surface area contributed by atoms with Gasteiger partial charge in [-0.1, -0.05) is 0 Å². The van der Waals surface area contributed by atoms with Gasteiger partial charge in [-0.15, -0.1) is 10.2 Å². The number of rotatable bonds is 3. The van der Waals surface area contributed by atoms with E-state index in [1.165, 1.54) is 22.9 Å². The van der Waals surface area contributed by atoms with Gasteiger partial charge in [0.1, 0.15) is 5.56 Å². The second-order valence-corrected chi connectivity index (χ2v) is 4.19. The van der Waals surface area contributed by atoms with Gasteiger partial charge in [-0.2, -0.15) is 0 Å². The summed E-state index contributed by atoms with van der Waals surface area (Å²) < 4.78 is 1.47. The van der Waals surface area contributed by atoms with Crippen LogP contribution in [0.25, 0.3) is 5.65 Å². The van der Waals surface area contributed by atoms with Gasteiger partial charge >= 0.3 is 0 Å². The van der Waals surface area contributed by atoms with E-state index in [1.807, 2.05) is 0 Å². The zero-order chi connectivity index (χ0) is 14.8. The lowest BCUT2D eigenvalue weighted by atomic mass is 10.2. The van der Waals surface area contributed by atoms with Crippen LogP contribution in [0.15, 0.2) is 40.3 Å². The van der Waals surface area contributed by atoms with Crippen LogP contribution in [0.5, 0.6) is 0 Å². The van der Waals surface area contributed by atoms with E-state index in [0.29, 0.717) is 5.82 Å². The maximum absolute atomic E-state index is 11.9. The van der Waals surface area contributed by atoms with Gasteiger partial charge in [0.25, 0.3) is 17.0 Å². The molecule has 0 aliphatic heterocycles. The zero-order valence-corrected chi connectivity index (χ0v) is 10.7. The molecule has 0 radical (unpaired) electrons. The predicted molar refractivity (Wildman–Crippen MR) is 71.8 cm³/mol. The van der Waals surface area contributed by atoms with E-state index >= 15 is 0 Å². The normalized spacial score (nSPS) is 10.7. The number of nitrogens with zero attached hydrogens (tertiary/aromatic N) is 3. The molecule has 3 N–H and O–H groups in total. The summed E-state index contributed by atoms with van der Waals surface area (Å²) in [5.74, 6) is -0.143. The number of carbonyl (C=O) groups excluding carboxylic acids is 1. The number of carbonyl (C=O) groups is 1. The summed E-state index contributed by atoms with van der Waals surface area (Å²) in [5, 5.41) is 10.1. The molecule has 3 aromatic rings. The summed E-state index contributed by atoms with van der Waals surface area (Å²) in [4.78, 5) is 39.8. The third kappa shape index (κ3) is 2.31. The first-order valence-electron chi connectivity index (χ1n) is 6.04. The molecule has 0 aliphatic rings. The Kier molecular flexibility index (Phi) is 3.07. The molecule has 3 rings (SSSR count). The molecular weight excluding hydrogens is 276 g/mol. The average Bonchev–Trinajstić information content (AvgIpc) is 2.90. The van der Waals surface area contributed by atoms with Crippen LogP contribution in [0.3, 0.4) is 0 Å². The minimum Gasteiger partial charge on any atom is -0.345 e. The van der Waals surface area contributed by atoms with Gasteiger partial charge in [-0.05, 0) is 12.1 Å². The van der Waals surface area contributed by atoms with Gasteiger partial charge in [0, 0.05) is 18.6 Å². The van der Waals surface area contributed by atoms with Crippen LogP contribution in [-0.2, 0) is 6.54 Å². The Balaban J connectivity index is 1.83. The smallest absolute Gasteiger partial charge is 0.293 e. The lowest BCUT2D eigenvalue weighted by molar-refractivity contribution is 0.0948. The Morgan fingerprint density at radius 3 is 2.81 bits per heavy atom. The molecule has 3 heterocycles. The second-order valence-electron chi connectivity index (χ2n) is 4.19. The largest absolute Gasteiger partial charge is 0.345 e. The number of fused-ring (bicyclic) bond motifs is 1. The van der Waals surface area contributed by atoms with Crippen LogP contribution in [0.2, 0.25) is 0 Å². The van der Waals surface area contributed by atoms with E-state index in [2.05, 4.69) is 25.5 Å². The highest BCUT2D eigenvalue weighted by Gasteiger charge is 2.12. The van der Waals surface area contributed by atoms with E-state index in [-0.39, 0.29) is 23.3 Å². The van der Waals surface area contributed by atoms with Gasteiger partial charge in [-0.25, -0.2) is 0 Å². The number of amides is 1. The maximum atomic E-state index is 11.9. The SMILES string of the molecule is O=C(NCc1nnc2c(=O)[nH]ccn12)c1ccc[nH]c1=O. The molecule has 0 bridgehead atoms. The molecule has 0 saturated heterocycles. The van der Waals surface area contributed by atoms with Crippen molar-refractivity contribution in [2.24, 2.45) is 0 Å². The van der Waals surface area contributed by atoms with Crippen molar-refractivity contribution in [1.82, 2.24) is 29.9 Å². The molecule has 21 heavy (non-hydrogen) atoms. The number of aromatic nitrogens is 5. The highest BCUT2D eigenvalue weighted by molar-refractivity contribution is 5.93. The highest BCUT2D eigenvalue weighted by atomic mass is 16.2. The minimum atomic E-state index is -0.529. The molecule has 0 saturated carbocycles. The van der Waals surface area contributed by atoms with Crippen molar-refractivity contribution in [1.29, 1.82) is 0 Å². The summed E-state index contributed by atoms with van der Waals surface area (Å²) in [6, 6.07) is 2.98. The number of H-pyrrole nitrogens is 2. The Hall–Kier alpha value is -3.23. The van der Waals surface area contributed by atoms with Gasteiger partial charge < -0.3 is 15.3 Å². The molecular formula is C12H10N6O3. The van der Waals surface area contributed by atoms with Gasteiger partial charge in [0.05, 0.1) is 6.54 Å². The molecule has 0 spiro atoms. The van der Waals surface area contributed by atoms with Crippen molar-refractivity contribution in [2.45, 2.75) is 6.54 Å². The van der Waals surface area contributed by atoms with Crippen molar-refractivity contribution in [3.63, 3.8) is 0 Å². The number of pyridine rings is 1. The first kappa shape index (κ1) is 12.8. The fraction of sp³-hybridized carbons (Fsp3) is 0.0833. The monoisotopic (exact) mass is 286 g/mol. The minimum absolute atomic E-state index is 0.00386. The van der Waals surface area contributed by atoms with Crippen LogP contribution in [0.1, 0.15) is 16.2 Å². The fourth-order valence-corrected chi connectivity index (χ4v) is 1.86. The van der Waals surface area contributed by atoms with Gasteiger partial charge in [0.15, 0.2) is 5.82 Å². The molecule has 0 aromatic carbocycles. The molecule has 0 fully saturated rings. The summed E-state index contributed by atoms with van der Waals surface area (Å²) in [6.07, 6.45) is 4.47. The van der Waals surface area contributed by atoms with Gasteiger partial charge in [0.2, 0.25) is 5.65 Å². The van der Waals surface area contributed by atoms with E-state index < -0.39 is 11.5 Å². The fourth-order valence-electron chi connectivity index (χ4n) is 1.86. The van der Waals surface area contributed by atoms with E-state index in [4.69, 9.17) is 0 Å². The zero-order valence-electron chi connectivity index (χ0n) is 10.7. The predicted octanol–water partition coefficient (Wildman–Crippen LogP) is -0.964.